The molecule has 2 aromatic heterocycles. The minimum Gasteiger partial charge on any atom is -0.320 e. The Labute approximate surface area is 198 Å². The molecule has 0 fully saturated rings. The van der Waals surface area contributed by atoms with Crippen LogP contribution in [0.3, 0.4) is 0 Å². The summed E-state index contributed by atoms with van der Waals surface area (Å²) in [5.41, 5.74) is 1.13. The summed E-state index contributed by atoms with van der Waals surface area (Å²) in [6, 6.07) is 6.52. The van der Waals surface area contributed by atoms with Gasteiger partial charge in [0, 0.05) is 19.5 Å². The van der Waals surface area contributed by atoms with Gasteiger partial charge < -0.3 is 4.57 Å². The third-order valence-electron chi connectivity index (χ3n) is 5.49. The number of aromatic amines is 1. The number of carbonyl (C=O) groups excluding carboxylic acids is 1. The van der Waals surface area contributed by atoms with Crippen molar-refractivity contribution in [1.82, 2.24) is 30.2 Å². The smallest absolute Gasteiger partial charge is 0.279 e. The highest BCUT2D eigenvalue weighted by Gasteiger charge is 2.29. The minimum absolute atomic E-state index is 0.00336. The molecule has 0 spiro atoms. The van der Waals surface area contributed by atoms with Gasteiger partial charge in [0.1, 0.15) is 11.5 Å². The zero-order valence-corrected chi connectivity index (χ0v) is 20.5. The monoisotopic (exact) mass is 493 g/mol. The first-order chi connectivity index (χ1) is 15.8. The fourth-order valence-electron chi connectivity index (χ4n) is 3.33. The number of hydrogen-bond acceptors (Lipinski definition) is 7. The van der Waals surface area contributed by atoms with Gasteiger partial charge in [-0.25, -0.2) is 17.7 Å². The summed E-state index contributed by atoms with van der Waals surface area (Å²) < 4.78 is 29.7. The number of sulfonamides is 1. The number of tetrazole rings is 1. The van der Waals surface area contributed by atoms with Crippen LogP contribution in [0, 0.1) is 5.92 Å². The van der Waals surface area contributed by atoms with Crippen LogP contribution >= 0.6 is 11.6 Å². The lowest BCUT2D eigenvalue weighted by molar-refractivity contribution is 0.111. The third kappa shape index (κ3) is 5.59. The van der Waals surface area contributed by atoms with Gasteiger partial charge in [-0.3, -0.25) is 4.79 Å². The molecule has 0 aliphatic carbocycles. The summed E-state index contributed by atoms with van der Waals surface area (Å²) >= 11 is 6.15. The number of unbranched alkanes of at least 4 members (excludes halogenated alkanes) is 1. The van der Waals surface area contributed by atoms with Crippen molar-refractivity contribution in [3.63, 3.8) is 0 Å². The van der Waals surface area contributed by atoms with Crippen LogP contribution in [0.15, 0.2) is 29.2 Å². The van der Waals surface area contributed by atoms with Crippen LogP contribution < -0.4 is 4.31 Å². The molecule has 2 heterocycles. The Morgan fingerprint density at radius 2 is 1.97 bits per heavy atom. The molecular weight excluding hydrogens is 466 g/mol. The van der Waals surface area contributed by atoms with Crippen molar-refractivity contribution in [2.24, 2.45) is 5.92 Å². The van der Waals surface area contributed by atoms with Gasteiger partial charge in [0.25, 0.3) is 16.0 Å². The molecule has 0 aliphatic heterocycles. The number of aromatic nitrogens is 6. The fourth-order valence-corrected chi connectivity index (χ4v) is 5.06. The average molecular weight is 494 g/mol. The molecule has 1 N–H and O–H groups in total. The number of nitrogens with one attached hydrogen (secondary N) is 1. The molecule has 0 bridgehead atoms. The first kappa shape index (κ1) is 24.8. The molecule has 3 rings (SSSR count). The lowest BCUT2D eigenvalue weighted by atomic mass is 10.1. The van der Waals surface area contributed by atoms with E-state index < -0.39 is 10.0 Å². The van der Waals surface area contributed by atoms with E-state index in [0.29, 0.717) is 24.9 Å². The molecule has 10 nitrogen and oxygen atoms in total. The second-order valence-corrected chi connectivity index (χ2v) is 10.1. The predicted octanol–water partition coefficient (Wildman–Crippen LogP) is 3.49. The Balaban J connectivity index is 1.89. The van der Waals surface area contributed by atoms with E-state index in [1.807, 2.05) is 13.8 Å². The van der Waals surface area contributed by atoms with Gasteiger partial charge in [-0.15, -0.1) is 5.10 Å². The van der Waals surface area contributed by atoms with Crippen LogP contribution in [-0.2, 0) is 23.0 Å². The van der Waals surface area contributed by atoms with E-state index in [1.54, 1.807) is 28.8 Å². The van der Waals surface area contributed by atoms with E-state index in [9.17, 15) is 13.2 Å². The molecule has 33 heavy (non-hydrogen) atoms. The number of anilines is 1. The second-order valence-electron chi connectivity index (χ2n) is 7.92. The number of halogens is 1. The fraction of sp³-hybridized carbons (Fsp3) is 0.476. The van der Waals surface area contributed by atoms with Crippen LogP contribution in [0.25, 0.3) is 0 Å². The molecule has 0 aliphatic rings. The molecule has 0 amide bonds. The number of rotatable bonds is 12. The second kappa shape index (κ2) is 10.9. The summed E-state index contributed by atoms with van der Waals surface area (Å²) in [6.07, 6.45) is 4.11. The summed E-state index contributed by atoms with van der Waals surface area (Å²) in [4.78, 5) is 16.0. The Bertz CT molecular complexity index is 1160. The zero-order chi connectivity index (χ0) is 24.0. The van der Waals surface area contributed by atoms with Gasteiger partial charge in [-0.1, -0.05) is 62.4 Å². The number of H-pyrrole nitrogens is 1. The van der Waals surface area contributed by atoms with Crippen LogP contribution in [0.5, 0.6) is 0 Å². The lowest BCUT2D eigenvalue weighted by Gasteiger charge is -2.23. The zero-order valence-electron chi connectivity index (χ0n) is 18.9. The molecule has 3 aromatic rings. The quantitative estimate of drug-likeness (QED) is 0.382. The van der Waals surface area contributed by atoms with E-state index in [0.717, 1.165) is 30.7 Å². The maximum absolute atomic E-state index is 13.4. The number of imidazole rings is 1. The molecule has 0 unspecified atom stereocenters. The maximum atomic E-state index is 13.4. The SMILES string of the molecule is CCCCc1nc(Cl)c(C=O)n1Cc1ccc(S(=O)(=O)N(C[C@H](C)CC)c2nn[nH]n2)cc1. The van der Waals surface area contributed by atoms with Gasteiger partial charge in [0.15, 0.2) is 11.4 Å². The summed E-state index contributed by atoms with van der Waals surface area (Å²) in [5.74, 6) is 0.841. The van der Waals surface area contributed by atoms with Crippen LogP contribution in [0.2, 0.25) is 5.15 Å². The number of carbonyl (C=O) groups is 1. The van der Waals surface area contributed by atoms with Crippen LogP contribution in [-0.4, -0.2) is 51.4 Å². The maximum Gasteiger partial charge on any atom is 0.279 e. The van der Waals surface area contributed by atoms with Crippen molar-refractivity contribution in [2.75, 3.05) is 10.8 Å². The summed E-state index contributed by atoms with van der Waals surface area (Å²) in [6.45, 7) is 6.62. The molecule has 0 saturated carbocycles. The van der Waals surface area contributed by atoms with Crippen LogP contribution in [0.4, 0.5) is 5.95 Å². The number of benzene rings is 1. The van der Waals surface area contributed by atoms with Gasteiger partial charge in [0.2, 0.25) is 0 Å². The molecule has 1 atom stereocenters. The topological polar surface area (TPSA) is 127 Å². The van der Waals surface area contributed by atoms with Crippen molar-refractivity contribution < 1.29 is 13.2 Å². The van der Waals surface area contributed by atoms with Crippen molar-refractivity contribution in [2.45, 2.75) is 57.9 Å². The van der Waals surface area contributed by atoms with E-state index in [2.05, 4.69) is 32.5 Å². The van der Waals surface area contributed by atoms with Gasteiger partial charge in [-0.05, 0) is 35.2 Å². The number of aryl methyl sites for hydroxylation is 1. The molecule has 0 saturated heterocycles. The van der Waals surface area contributed by atoms with Gasteiger partial charge >= 0.3 is 0 Å². The molecular formula is C21H28ClN7O3S. The standard InChI is InChI=1S/C21H28ClN7O3S/c1-4-6-7-19-23-20(22)18(14-30)28(19)13-16-8-10-17(11-9-16)33(31,32)29(12-15(3)5-2)21-24-26-27-25-21/h8-11,14-15H,4-7,12-13H2,1-3H3,(H,24,25,26,27)/t15-/m1/s1. The van der Waals surface area contributed by atoms with Crippen molar-refractivity contribution in [3.05, 3.63) is 46.5 Å². The normalized spacial score (nSPS) is 12.6. The highest BCUT2D eigenvalue weighted by atomic mass is 35.5. The number of hydrogen-bond donors (Lipinski definition) is 1. The summed E-state index contributed by atoms with van der Waals surface area (Å²) in [7, 11) is -3.90. The van der Waals surface area contributed by atoms with Crippen molar-refractivity contribution >= 4 is 33.9 Å². The van der Waals surface area contributed by atoms with Gasteiger partial charge in [0.05, 0.1) is 4.90 Å². The Morgan fingerprint density at radius 3 is 2.55 bits per heavy atom. The molecule has 0 radical (unpaired) electrons. The van der Waals surface area contributed by atoms with E-state index in [4.69, 9.17) is 11.6 Å². The van der Waals surface area contributed by atoms with Crippen LogP contribution in [0.1, 0.15) is 61.9 Å². The first-order valence-corrected chi connectivity index (χ1v) is 12.7. The molecule has 12 heteroatoms. The minimum atomic E-state index is -3.90. The Hall–Kier alpha value is -2.79. The van der Waals surface area contributed by atoms with Crippen molar-refractivity contribution in [1.29, 1.82) is 0 Å². The average Bonchev–Trinajstić information content (AvgIpc) is 3.44. The first-order valence-electron chi connectivity index (χ1n) is 10.9. The number of aldehydes is 1. The molecule has 1 aromatic carbocycles. The third-order valence-corrected chi connectivity index (χ3v) is 7.53. The largest absolute Gasteiger partial charge is 0.320 e. The molecule has 178 valence electrons. The van der Waals surface area contributed by atoms with E-state index in [1.165, 1.54) is 4.31 Å². The predicted molar refractivity (Wildman–Crippen MR) is 125 cm³/mol. The lowest BCUT2D eigenvalue weighted by Crippen LogP contribution is -2.35. The Morgan fingerprint density at radius 1 is 1.24 bits per heavy atom. The van der Waals surface area contributed by atoms with E-state index >= 15 is 0 Å². The Kier molecular flexibility index (Phi) is 8.20. The van der Waals surface area contributed by atoms with E-state index in [-0.39, 0.29) is 28.5 Å². The van der Waals surface area contributed by atoms with Crippen molar-refractivity contribution in [3.8, 4) is 0 Å². The highest BCUT2D eigenvalue weighted by molar-refractivity contribution is 7.92. The van der Waals surface area contributed by atoms with Gasteiger partial charge in [-0.2, -0.15) is 5.21 Å². The number of nitrogens with zero attached hydrogens (tertiary/aromatic N) is 6. The summed E-state index contributed by atoms with van der Waals surface area (Å²) in [5, 5.41) is 13.7. The highest BCUT2D eigenvalue weighted by Crippen LogP contribution is 2.24.